The number of nitrogens with zero attached hydrogens (tertiary/aromatic N) is 1. The van der Waals surface area contributed by atoms with E-state index in [1.165, 1.54) is 17.7 Å². The van der Waals surface area contributed by atoms with Gasteiger partial charge in [0.05, 0.1) is 12.2 Å². The molecule has 0 atom stereocenters. The van der Waals surface area contributed by atoms with Crippen LogP contribution in [0.25, 0.3) is 10.6 Å². The van der Waals surface area contributed by atoms with Crippen molar-refractivity contribution in [3.8, 4) is 16.3 Å². The van der Waals surface area contributed by atoms with Gasteiger partial charge in [0.1, 0.15) is 10.8 Å². The zero-order chi connectivity index (χ0) is 14.2. The molecular weight excluding hydrogens is 268 g/mol. The topological polar surface area (TPSA) is 34.2 Å². The highest BCUT2D eigenvalue weighted by Crippen LogP contribution is 2.32. The summed E-state index contributed by atoms with van der Waals surface area (Å²) < 4.78 is 5.66. The molecule has 20 heavy (non-hydrogen) atoms. The van der Waals surface area contributed by atoms with Crippen LogP contribution < -0.4 is 10.1 Å². The third-order valence-corrected chi connectivity index (χ3v) is 4.01. The van der Waals surface area contributed by atoms with Gasteiger partial charge in [-0.1, -0.05) is 25.5 Å². The lowest BCUT2D eigenvalue weighted by molar-refractivity contribution is 0.341. The second kappa shape index (κ2) is 8.02. The first-order chi connectivity index (χ1) is 9.85. The van der Waals surface area contributed by atoms with Crippen LogP contribution in [0.3, 0.4) is 0 Å². The molecule has 1 N–H and O–H groups in total. The fourth-order valence-electron chi connectivity index (χ4n) is 1.95. The fraction of sp³-hybridized carbons (Fsp3) is 0.438. The first kappa shape index (κ1) is 15.0. The maximum Gasteiger partial charge on any atom is 0.129 e. The second-order valence-electron chi connectivity index (χ2n) is 4.59. The predicted molar refractivity (Wildman–Crippen MR) is 85.3 cm³/mol. The van der Waals surface area contributed by atoms with Crippen LogP contribution in [-0.4, -0.2) is 18.1 Å². The molecule has 2 rings (SSSR count). The molecule has 3 nitrogen and oxygen atoms in total. The Morgan fingerprint density at radius 1 is 1.25 bits per heavy atom. The van der Waals surface area contributed by atoms with E-state index in [4.69, 9.17) is 4.74 Å². The van der Waals surface area contributed by atoms with Crippen molar-refractivity contribution in [2.75, 3.05) is 13.2 Å². The van der Waals surface area contributed by atoms with Crippen molar-refractivity contribution in [2.45, 2.75) is 33.2 Å². The molecule has 0 aliphatic carbocycles. The lowest BCUT2D eigenvalue weighted by Gasteiger charge is -2.07. The van der Waals surface area contributed by atoms with Crippen LogP contribution in [0.15, 0.2) is 30.5 Å². The number of nitrogens with one attached hydrogen (secondary N) is 1. The Bertz CT molecular complexity index is 525. The van der Waals surface area contributed by atoms with Gasteiger partial charge in [-0.05, 0) is 32.0 Å². The van der Waals surface area contributed by atoms with E-state index in [9.17, 15) is 0 Å². The Hall–Kier alpha value is -1.39. The second-order valence-corrected chi connectivity index (χ2v) is 5.71. The summed E-state index contributed by atoms with van der Waals surface area (Å²) in [6.45, 7) is 6.85. The summed E-state index contributed by atoms with van der Waals surface area (Å²) in [5.41, 5.74) is 1.08. The Morgan fingerprint density at radius 2 is 2.10 bits per heavy atom. The Kier molecular flexibility index (Phi) is 6.02. The van der Waals surface area contributed by atoms with Crippen LogP contribution in [0.2, 0.25) is 0 Å². The molecule has 0 fully saturated rings. The summed E-state index contributed by atoms with van der Waals surface area (Å²) >= 11 is 1.73. The van der Waals surface area contributed by atoms with Crippen LogP contribution in [0.5, 0.6) is 5.75 Å². The maximum absolute atomic E-state index is 5.66. The summed E-state index contributed by atoms with van der Waals surface area (Å²) in [7, 11) is 0. The third-order valence-electron chi connectivity index (χ3n) is 2.98. The number of aromatic nitrogens is 1. The van der Waals surface area contributed by atoms with Crippen LogP contribution in [-0.2, 0) is 6.54 Å². The summed E-state index contributed by atoms with van der Waals surface area (Å²) in [5.74, 6) is 0.912. The summed E-state index contributed by atoms with van der Waals surface area (Å²) in [5, 5.41) is 4.48. The average Bonchev–Trinajstić information content (AvgIpc) is 2.93. The fourth-order valence-corrected chi connectivity index (χ4v) is 2.86. The molecule has 1 heterocycles. The van der Waals surface area contributed by atoms with E-state index >= 15 is 0 Å². The number of unbranched alkanes of at least 4 members (excludes halogenated alkanes) is 1. The Labute approximate surface area is 125 Å². The van der Waals surface area contributed by atoms with E-state index in [0.29, 0.717) is 6.61 Å². The summed E-state index contributed by atoms with van der Waals surface area (Å²) in [6, 6.07) is 8.09. The number of para-hydroxylation sites is 1. The van der Waals surface area contributed by atoms with Crippen molar-refractivity contribution in [2.24, 2.45) is 0 Å². The highest BCUT2D eigenvalue weighted by atomic mass is 32.1. The first-order valence-corrected chi connectivity index (χ1v) is 8.04. The number of hydrogen-bond acceptors (Lipinski definition) is 4. The van der Waals surface area contributed by atoms with Crippen molar-refractivity contribution in [1.82, 2.24) is 10.3 Å². The number of benzene rings is 1. The largest absolute Gasteiger partial charge is 0.493 e. The highest BCUT2D eigenvalue weighted by Gasteiger charge is 2.09. The number of rotatable bonds is 8. The van der Waals surface area contributed by atoms with Crippen LogP contribution >= 0.6 is 11.3 Å². The van der Waals surface area contributed by atoms with E-state index in [1.807, 2.05) is 31.3 Å². The minimum absolute atomic E-state index is 0.674. The van der Waals surface area contributed by atoms with Crippen LogP contribution in [0.4, 0.5) is 0 Å². The summed E-state index contributed by atoms with van der Waals surface area (Å²) in [6.07, 6.45) is 4.41. The van der Waals surface area contributed by atoms with E-state index < -0.39 is 0 Å². The smallest absolute Gasteiger partial charge is 0.129 e. The Balaban J connectivity index is 2.04. The molecule has 0 saturated heterocycles. The van der Waals surface area contributed by atoms with Gasteiger partial charge in [0, 0.05) is 17.6 Å². The van der Waals surface area contributed by atoms with Crippen LogP contribution in [0, 0.1) is 0 Å². The van der Waals surface area contributed by atoms with Gasteiger partial charge >= 0.3 is 0 Å². The number of thiazole rings is 1. The predicted octanol–water partition coefficient (Wildman–Crippen LogP) is 4.10. The van der Waals surface area contributed by atoms with Gasteiger partial charge in [-0.15, -0.1) is 11.3 Å². The van der Waals surface area contributed by atoms with Gasteiger partial charge < -0.3 is 10.1 Å². The standard InChI is InChI=1S/C16H22N2OS/c1-3-5-10-17-11-13-12-18-16(20-13)14-8-6-7-9-15(14)19-4-2/h6-9,12,17H,3-5,10-11H2,1-2H3. The maximum atomic E-state index is 5.66. The molecule has 2 aromatic rings. The van der Waals surface area contributed by atoms with Crippen molar-refractivity contribution in [3.63, 3.8) is 0 Å². The molecule has 0 radical (unpaired) electrons. The van der Waals surface area contributed by atoms with E-state index in [-0.39, 0.29) is 0 Å². The molecule has 108 valence electrons. The Morgan fingerprint density at radius 3 is 2.90 bits per heavy atom. The van der Waals surface area contributed by atoms with Gasteiger partial charge in [0.25, 0.3) is 0 Å². The van der Waals surface area contributed by atoms with Crippen molar-refractivity contribution in [3.05, 3.63) is 35.3 Å². The molecule has 1 aromatic heterocycles. The van der Waals surface area contributed by atoms with E-state index in [0.717, 1.165) is 29.4 Å². The van der Waals surface area contributed by atoms with E-state index in [2.05, 4.69) is 23.3 Å². The van der Waals surface area contributed by atoms with E-state index in [1.54, 1.807) is 11.3 Å². The molecule has 0 aliphatic heterocycles. The van der Waals surface area contributed by atoms with Crippen molar-refractivity contribution < 1.29 is 4.74 Å². The van der Waals surface area contributed by atoms with Gasteiger partial charge in [0.2, 0.25) is 0 Å². The third kappa shape index (κ3) is 4.05. The molecule has 0 unspecified atom stereocenters. The lowest BCUT2D eigenvalue weighted by Crippen LogP contribution is -2.13. The minimum Gasteiger partial charge on any atom is -0.493 e. The zero-order valence-corrected chi connectivity index (χ0v) is 13.0. The molecule has 0 saturated carbocycles. The number of ether oxygens (including phenoxy) is 1. The lowest BCUT2D eigenvalue weighted by atomic mass is 10.2. The molecule has 0 amide bonds. The van der Waals surface area contributed by atoms with Crippen molar-refractivity contribution >= 4 is 11.3 Å². The van der Waals surface area contributed by atoms with Crippen molar-refractivity contribution in [1.29, 1.82) is 0 Å². The van der Waals surface area contributed by atoms with Gasteiger partial charge in [-0.3, -0.25) is 0 Å². The quantitative estimate of drug-likeness (QED) is 0.743. The molecule has 0 spiro atoms. The minimum atomic E-state index is 0.674. The normalized spacial score (nSPS) is 10.7. The van der Waals surface area contributed by atoms with Gasteiger partial charge in [0.15, 0.2) is 0 Å². The highest BCUT2D eigenvalue weighted by molar-refractivity contribution is 7.15. The average molecular weight is 290 g/mol. The van der Waals surface area contributed by atoms with Gasteiger partial charge in [-0.2, -0.15) is 0 Å². The molecule has 0 aliphatic rings. The monoisotopic (exact) mass is 290 g/mol. The number of hydrogen-bond donors (Lipinski definition) is 1. The molecule has 0 bridgehead atoms. The summed E-state index contributed by atoms with van der Waals surface area (Å²) in [4.78, 5) is 5.79. The molecule has 1 aromatic carbocycles. The molecule has 4 heteroatoms. The van der Waals surface area contributed by atoms with Gasteiger partial charge in [-0.25, -0.2) is 4.98 Å². The molecular formula is C16H22N2OS. The van der Waals surface area contributed by atoms with Crippen LogP contribution in [0.1, 0.15) is 31.6 Å². The zero-order valence-electron chi connectivity index (χ0n) is 12.2. The first-order valence-electron chi connectivity index (χ1n) is 7.22. The SMILES string of the molecule is CCCCNCc1cnc(-c2ccccc2OCC)s1.